The molecule has 1 aliphatic heterocycles. The van der Waals surface area contributed by atoms with E-state index in [2.05, 4.69) is 32.8 Å². The van der Waals surface area contributed by atoms with Crippen LogP contribution in [0.3, 0.4) is 0 Å². The van der Waals surface area contributed by atoms with Crippen LogP contribution in [0.5, 0.6) is 0 Å². The van der Waals surface area contributed by atoms with Crippen LogP contribution in [0.2, 0.25) is 0 Å². The second kappa shape index (κ2) is 10.9. The lowest BCUT2D eigenvalue weighted by atomic mass is 10.0. The normalized spacial score (nSPS) is 20.1. The number of amides is 1. The Morgan fingerprint density at radius 3 is 2.67 bits per heavy atom. The first-order chi connectivity index (χ1) is 14.6. The largest absolute Gasteiger partial charge is 0.387 e. The first kappa shape index (κ1) is 22.1. The van der Waals surface area contributed by atoms with Gasteiger partial charge in [-0.05, 0) is 56.5 Å². The number of rotatable bonds is 10. The van der Waals surface area contributed by atoms with Crippen LogP contribution in [0.25, 0.3) is 0 Å². The number of azo groups is 1. The molecule has 3 N–H and O–H groups in total. The Hall–Kier alpha value is -2.64. The van der Waals surface area contributed by atoms with Crippen molar-refractivity contribution in [1.29, 1.82) is 0 Å². The van der Waals surface area contributed by atoms with E-state index in [-0.39, 0.29) is 24.0 Å². The van der Waals surface area contributed by atoms with Crippen LogP contribution >= 0.6 is 0 Å². The van der Waals surface area contributed by atoms with Gasteiger partial charge < -0.3 is 15.7 Å². The molecule has 0 aliphatic carbocycles. The number of aliphatic hydroxyl groups is 1. The molecule has 2 heterocycles. The Balaban J connectivity index is 1.43. The van der Waals surface area contributed by atoms with Gasteiger partial charge in [0.25, 0.3) is 5.91 Å². The monoisotopic (exact) mass is 409 g/mol. The van der Waals surface area contributed by atoms with Crippen molar-refractivity contribution in [2.24, 2.45) is 10.2 Å². The average molecular weight is 410 g/mol. The molecule has 0 radical (unpaired) electrons. The van der Waals surface area contributed by atoms with E-state index in [4.69, 9.17) is 0 Å². The number of nitrogens with zero attached hydrogens (tertiary/aromatic N) is 3. The molecule has 1 aromatic carbocycles. The van der Waals surface area contributed by atoms with Gasteiger partial charge in [0.1, 0.15) is 0 Å². The van der Waals surface area contributed by atoms with Gasteiger partial charge in [-0.3, -0.25) is 9.78 Å². The van der Waals surface area contributed by atoms with E-state index in [1.165, 1.54) is 0 Å². The molecule has 30 heavy (non-hydrogen) atoms. The average Bonchev–Trinajstić information content (AvgIpc) is 3.21. The summed E-state index contributed by atoms with van der Waals surface area (Å²) >= 11 is 0. The molecule has 1 aliphatic rings. The molecular formula is C23H31N5O2. The third-order valence-corrected chi connectivity index (χ3v) is 5.43. The lowest BCUT2D eigenvalue weighted by Gasteiger charge is -2.21. The van der Waals surface area contributed by atoms with E-state index < -0.39 is 6.10 Å². The standard InChI is InChI=1S/C23H31N5O2/c1-3-20(21-13-16(2)27-28-21)26-23(30)18-8-6-17(7-9-18)10-12-25-15-22(29)19-5-4-11-24-14-19/h4-9,11,14,16,20-22,25,29H,3,10,12-13,15H2,1-2H3,(H,26,30). The Morgan fingerprint density at radius 1 is 1.23 bits per heavy atom. The summed E-state index contributed by atoms with van der Waals surface area (Å²) in [6.07, 6.45) is 5.33. The van der Waals surface area contributed by atoms with E-state index in [1.54, 1.807) is 12.4 Å². The van der Waals surface area contributed by atoms with E-state index >= 15 is 0 Å². The van der Waals surface area contributed by atoms with E-state index in [0.29, 0.717) is 12.1 Å². The topological polar surface area (TPSA) is 99.0 Å². The minimum atomic E-state index is -0.571. The van der Waals surface area contributed by atoms with Crippen LogP contribution in [0.4, 0.5) is 0 Å². The molecular weight excluding hydrogens is 378 g/mol. The van der Waals surface area contributed by atoms with Crippen LogP contribution in [0, 0.1) is 0 Å². The number of hydrogen-bond acceptors (Lipinski definition) is 6. The Kier molecular flexibility index (Phi) is 8.04. The van der Waals surface area contributed by atoms with E-state index in [9.17, 15) is 9.90 Å². The van der Waals surface area contributed by atoms with Gasteiger partial charge in [0.2, 0.25) is 0 Å². The SMILES string of the molecule is CCC(NC(=O)c1ccc(CCNCC(O)c2cccnc2)cc1)C1CC(C)N=N1. The minimum Gasteiger partial charge on any atom is -0.387 e. The highest BCUT2D eigenvalue weighted by molar-refractivity contribution is 5.94. The van der Waals surface area contributed by atoms with Crippen molar-refractivity contribution in [1.82, 2.24) is 15.6 Å². The molecule has 7 heteroatoms. The van der Waals surface area contributed by atoms with Gasteiger partial charge in [-0.15, -0.1) is 0 Å². The molecule has 3 rings (SSSR count). The van der Waals surface area contributed by atoms with E-state index in [1.807, 2.05) is 43.3 Å². The summed E-state index contributed by atoms with van der Waals surface area (Å²) in [4.78, 5) is 16.6. The first-order valence-corrected chi connectivity index (χ1v) is 10.6. The molecule has 0 saturated carbocycles. The summed E-state index contributed by atoms with van der Waals surface area (Å²) in [6.45, 7) is 5.32. The summed E-state index contributed by atoms with van der Waals surface area (Å²) in [5.74, 6) is -0.0686. The highest BCUT2D eigenvalue weighted by Crippen LogP contribution is 2.20. The maximum Gasteiger partial charge on any atom is 0.251 e. The van der Waals surface area contributed by atoms with Gasteiger partial charge in [-0.25, -0.2) is 0 Å². The van der Waals surface area contributed by atoms with Crippen LogP contribution < -0.4 is 10.6 Å². The first-order valence-electron chi connectivity index (χ1n) is 10.6. The summed E-state index contributed by atoms with van der Waals surface area (Å²) in [5, 5.41) is 25.0. The quantitative estimate of drug-likeness (QED) is 0.525. The van der Waals surface area contributed by atoms with Crippen molar-refractivity contribution < 1.29 is 9.90 Å². The smallest absolute Gasteiger partial charge is 0.251 e. The lowest BCUT2D eigenvalue weighted by molar-refractivity contribution is 0.0929. The summed E-state index contributed by atoms with van der Waals surface area (Å²) in [5.41, 5.74) is 2.60. The fraction of sp³-hybridized carbons (Fsp3) is 0.478. The number of carbonyl (C=O) groups is 1. The summed E-state index contributed by atoms with van der Waals surface area (Å²) < 4.78 is 0. The van der Waals surface area contributed by atoms with Gasteiger partial charge >= 0.3 is 0 Å². The molecule has 160 valence electrons. The van der Waals surface area contributed by atoms with Crippen molar-refractivity contribution in [2.75, 3.05) is 13.1 Å². The predicted octanol–water partition coefficient (Wildman–Crippen LogP) is 3.07. The zero-order valence-electron chi connectivity index (χ0n) is 17.7. The van der Waals surface area contributed by atoms with Crippen LogP contribution in [-0.2, 0) is 6.42 Å². The molecule has 0 bridgehead atoms. The number of benzene rings is 1. The number of aromatic nitrogens is 1. The number of nitrogens with one attached hydrogen (secondary N) is 2. The zero-order chi connectivity index (χ0) is 21.3. The zero-order valence-corrected chi connectivity index (χ0v) is 17.7. The second-order valence-electron chi connectivity index (χ2n) is 7.82. The Bertz CT molecular complexity index is 825. The maximum absolute atomic E-state index is 12.6. The molecule has 7 nitrogen and oxygen atoms in total. The Morgan fingerprint density at radius 2 is 2.03 bits per heavy atom. The molecule has 1 aromatic heterocycles. The summed E-state index contributed by atoms with van der Waals surface area (Å²) in [6, 6.07) is 11.7. The van der Waals surface area contributed by atoms with Gasteiger partial charge in [0.15, 0.2) is 0 Å². The van der Waals surface area contributed by atoms with Crippen LogP contribution in [0.1, 0.15) is 54.3 Å². The second-order valence-corrected chi connectivity index (χ2v) is 7.82. The third kappa shape index (κ3) is 6.18. The van der Waals surface area contributed by atoms with Crippen LogP contribution in [-0.4, -0.2) is 47.2 Å². The predicted molar refractivity (Wildman–Crippen MR) is 116 cm³/mol. The minimum absolute atomic E-state index is 0.0151. The van der Waals surface area contributed by atoms with Crippen LogP contribution in [0.15, 0.2) is 59.0 Å². The van der Waals surface area contributed by atoms with Crippen molar-refractivity contribution in [3.05, 3.63) is 65.5 Å². The molecule has 0 spiro atoms. The molecule has 2 aromatic rings. The van der Waals surface area contributed by atoms with E-state index in [0.717, 1.165) is 36.9 Å². The number of aliphatic hydroxyl groups excluding tert-OH is 1. The van der Waals surface area contributed by atoms with Gasteiger partial charge in [-0.1, -0.05) is 25.1 Å². The molecule has 0 fully saturated rings. The lowest BCUT2D eigenvalue weighted by Crippen LogP contribution is -2.41. The molecule has 1 amide bonds. The number of carbonyl (C=O) groups excluding carboxylic acids is 1. The van der Waals surface area contributed by atoms with Crippen molar-refractivity contribution in [2.45, 2.75) is 57.3 Å². The number of hydrogen-bond donors (Lipinski definition) is 3. The number of pyridine rings is 1. The van der Waals surface area contributed by atoms with Gasteiger partial charge in [-0.2, -0.15) is 10.2 Å². The Labute approximate surface area is 178 Å². The third-order valence-electron chi connectivity index (χ3n) is 5.43. The molecule has 4 atom stereocenters. The van der Waals surface area contributed by atoms with Crippen molar-refractivity contribution >= 4 is 5.91 Å². The van der Waals surface area contributed by atoms with Gasteiger partial charge in [0.05, 0.1) is 24.2 Å². The maximum atomic E-state index is 12.6. The fourth-order valence-corrected chi connectivity index (χ4v) is 3.60. The molecule has 0 saturated heterocycles. The highest BCUT2D eigenvalue weighted by Gasteiger charge is 2.27. The van der Waals surface area contributed by atoms with Crippen molar-refractivity contribution in [3.8, 4) is 0 Å². The molecule has 4 unspecified atom stereocenters. The van der Waals surface area contributed by atoms with Crippen molar-refractivity contribution in [3.63, 3.8) is 0 Å². The summed E-state index contributed by atoms with van der Waals surface area (Å²) in [7, 11) is 0. The fourth-order valence-electron chi connectivity index (χ4n) is 3.60. The van der Waals surface area contributed by atoms with Gasteiger partial charge in [0, 0.05) is 30.1 Å². The highest BCUT2D eigenvalue weighted by atomic mass is 16.3.